The van der Waals surface area contributed by atoms with Crippen LogP contribution in [0.25, 0.3) is 49.7 Å². The third-order valence-electron chi connectivity index (χ3n) is 7.85. The highest BCUT2D eigenvalue weighted by Gasteiger charge is 2.21. The number of pyridine rings is 2. The van der Waals surface area contributed by atoms with Crippen LogP contribution in [-0.2, 0) is 0 Å². The molecule has 0 atom stereocenters. The third kappa shape index (κ3) is 5.44. The van der Waals surface area contributed by atoms with Crippen molar-refractivity contribution in [1.29, 1.82) is 0 Å². The number of aromatic nitrogens is 4. The predicted octanol–water partition coefficient (Wildman–Crippen LogP) is 7.89. The van der Waals surface area contributed by atoms with E-state index >= 15 is 8.78 Å². The Labute approximate surface area is 271 Å². The number of hydrogen-bond acceptors (Lipinski definition) is 5. The number of fused-ring (bicyclic) bond motifs is 2. The Balaban J connectivity index is 1.29. The number of halogens is 3. The summed E-state index contributed by atoms with van der Waals surface area (Å²) >= 11 is 5.86. The molecule has 11 heteroatoms. The fourth-order valence-electron chi connectivity index (χ4n) is 5.65. The highest BCUT2D eigenvalue weighted by molar-refractivity contribution is 6.30. The van der Waals surface area contributed by atoms with Crippen LogP contribution in [0.3, 0.4) is 0 Å². The van der Waals surface area contributed by atoms with Crippen LogP contribution in [0.5, 0.6) is 0 Å². The Morgan fingerprint density at radius 2 is 1.43 bits per heavy atom. The number of primary amides is 1. The standard InChI is InChI=1S/C36H23ClF2N6O2/c1-19-27(18-41-45(19)22-7-3-2-4-8-22)25-16-32(35(40)46)44-31-15-21(11-12-24(25)31)42-36(47)33-17-26(23-9-5-6-10-30(23)43-33)34-28(38)13-20(37)14-29(34)39/h2-18H,1H3,(H2,40,46)(H,42,47). The molecule has 0 radical (unpaired) electrons. The van der Waals surface area contributed by atoms with Gasteiger partial charge in [0.2, 0.25) is 0 Å². The number of nitrogens with two attached hydrogens (primary N) is 1. The van der Waals surface area contributed by atoms with Gasteiger partial charge in [-0.25, -0.2) is 23.4 Å². The zero-order valence-corrected chi connectivity index (χ0v) is 25.4. The number of hydrogen-bond donors (Lipinski definition) is 2. The first kappa shape index (κ1) is 29.7. The van der Waals surface area contributed by atoms with Gasteiger partial charge in [0.25, 0.3) is 11.8 Å². The van der Waals surface area contributed by atoms with E-state index in [1.807, 2.05) is 37.3 Å². The largest absolute Gasteiger partial charge is 0.364 e. The van der Waals surface area contributed by atoms with E-state index in [0.717, 1.165) is 29.1 Å². The molecule has 8 nitrogen and oxygen atoms in total. The van der Waals surface area contributed by atoms with Gasteiger partial charge in [-0.15, -0.1) is 0 Å². The number of para-hydroxylation sites is 2. The molecule has 47 heavy (non-hydrogen) atoms. The van der Waals surface area contributed by atoms with Crippen LogP contribution < -0.4 is 11.1 Å². The van der Waals surface area contributed by atoms with Crippen LogP contribution in [0.15, 0.2) is 103 Å². The van der Waals surface area contributed by atoms with Gasteiger partial charge in [0.15, 0.2) is 0 Å². The van der Waals surface area contributed by atoms with Crippen molar-refractivity contribution >= 4 is 50.9 Å². The van der Waals surface area contributed by atoms with Crippen LogP contribution in [0.4, 0.5) is 14.5 Å². The van der Waals surface area contributed by atoms with Crippen molar-refractivity contribution in [2.45, 2.75) is 6.92 Å². The Morgan fingerprint density at radius 1 is 0.766 bits per heavy atom. The second kappa shape index (κ2) is 11.7. The Hall–Kier alpha value is -6.00. The molecule has 0 aliphatic carbocycles. The van der Waals surface area contributed by atoms with Crippen molar-refractivity contribution in [1.82, 2.24) is 19.7 Å². The first-order valence-corrected chi connectivity index (χ1v) is 14.8. The molecule has 3 N–H and O–H groups in total. The number of anilines is 1. The molecule has 7 aromatic rings. The van der Waals surface area contributed by atoms with Crippen molar-refractivity contribution in [3.05, 3.63) is 137 Å². The second-order valence-corrected chi connectivity index (χ2v) is 11.2. The average Bonchev–Trinajstić information content (AvgIpc) is 3.44. The average molecular weight is 645 g/mol. The molecule has 0 aliphatic heterocycles. The lowest BCUT2D eigenvalue weighted by atomic mass is 9.98. The summed E-state index contributed by atoms with van der Waals surface area (Å²) in [6.07, 6.45) is 1.72. The maximum atomic E-state index is 15.0. The minimum Gasteiger partial charge on any atom is -0.364 e. The van der Waals surface area contributed by atoms with Crippen molar-refractivity contribution < 1.29 is 18.4 Å². The lowest BCUT2D eigenvalue weighted by Crippen LogP contribution is -2.15. The summed E-state index contributed by atoms with van der Waals surface area (Å²) in [7, 11) is 0. The van der Waals surface area contributed by atoms with Gasteiger partial charge in [0.1, 0.15) is 23.0 Å². The maximum Gasteiger partial charge on any atom is 0.274 e. The zero-order valence-electron chi connectivity index (χ0n) is 24.6. The van der Waals surface area contributed by atoms with Gasteiger partial charge in [-0.3, -0.25) is 9.59 Å². The number of amides is 2. The minimum atomic E-state index is -0.871. The summed E-state index contributed by atoms with van der Waals surface area (Å²) < 4.78 is 31.8. The molecule has 0 bridgehead atoms. The van der Waals surface area contributed by atoms with E-state index in [-0.39, 0.29) is 27.5 Å². The van der Waals surface area contributed by atoms with E-state index in [1.165, 1.54) is 6.07 Å². The lowest BCUT2D eigenvalue weighted by Gasteiger charge is -2.13. The normalized spacial score (nSPS) is 11.2. The van der Waals surface area contributed by atoms with E-state index < -0.39 is 23.4 Å². The zero-order chi connectivity index (χ0) is 32.8. The molecule has 230 valence electrons. The molecular weight excluding hydrogens is 622 g/mol. The monoisotopic (exact) mass is 644 g/mol. The Bertz CT molecular complexity index is 2370. The summed E-state index contributed by atoms with van der Waals surface area (Å²) in [5.41, 5.74) is 9.74. The van der Waals surface area contributed by atoms with Gasteiger partial charge >= 0.3 is 0 Å². The number of rotatable bonds is 6. The number of carbonyl (C=O) groups excluding carboxylic acids is 2. The molecule has 0 spiro atoms. The molecule has 3 aromatic heterocycles. The Kier molecular flexibility index (Phi) is 7.42. The summed E-state index contributed by atoms with van der Waals surface area (Å²) in [5.74, 6) is -3.09. The van der Waals surface area contributed by atoms with E-state index in [4.69, 9.17) is 17.3 Å². The topological polar surface area (TPSA) is 116 Å². The van der Waals surface area contributed by atoms with Gasteiger partial charge in [-0.2, -0.15) is 5.10 Å². The molecule has 0 saturated carbocycles. The molecular formula is C36H23ClF2N6O2. The number of nitrogens with zero attached hydrogens (tertiary/aromatic N) is 4. The molecule has 7 rings (SSSR count). The number of benzene rings is 4. The predicted molar refractivity (Wildman–Crippen MR) is 178 cm³/mol. The maximum absolute atomic E-state index is 15.0. The minimum absolute atomic E-state index is 0.0377. The van der Waals surface area contributed by atoms with Gasteiger partial charge in [0.05, 0.1) is 28.5 Å². The van der Waals surface area contributed by atoms with Crippen LogP contribution in [-0.4, -0.2) is 31.6 Å². The van der Waals surface area contributed by atoms with E-state index in [1.54, 1.807) is 59.4 Å². The Morgan fingerprint density at radius 3 is 2.17 bits per heavy atom. The lowest BCUT2D eigenvalue weighted by molar-refractivity contribution is 0.0993. The fourth-order valence-corrected chi connectivity index (χ4v) is 5.84. The van der Waals surface area contributed by atoms with E-state index in [0.29, 0.717) is 33.1 Å². The quantitative estimate of drug-likeness (QED) is 0.191. The van der Waals surface area contributed by atoms with Gasteiger partial charge in [-0.1, -0.05) is 54.1 Å². The van der Waals surface area contributed by atoms with Crippen molar-refractivity contribution in [3.63, 3.8) is 0 Å². The molecule has 0 saturated heterocycles. The first-order valence-electron chi connectivity index (χ1n) is 14.4. The van der Waals surface area contributed by atoms with Crippen molar-refractivity contribution in [2.24, 2.45) is 5.73 Å². The van der Waals surface area contributed by atoms with Crippen LogP contribution >= 0.6 is 11.6 Å². The SMILES string of the molecule is Cc1c(-c2cc(C(N)=O)nc3cc(NC(=O)c4cc(-c5c(F)cc(Cl)cc5F)c5ccccc5n4)ccc23)cnn1-c1ccccc1. The van der Waals surface area contributed by atoms with Crippen LogP contribution in [0.2, 0.25) is 5.02 Å². The van der Waals surface area contributed by atoms with Gasteiger partial charge in [0, 0.05) is 32.7 Å². The first-order chi connectivity index (χ1) is 22.7. The molecule has 2 amide bonds. The van der Waals surface area contributed by atoms with Gasteiger partial charge in [-0.05, 0) is 72.6 Å². The molecule has 0 aliphatic rings. The highest BCUT2D eigenvalue weighted by Crippen LogP contribution is 2.36. The van der Waals surface area contributed by atoms with Crippen LogP contribution in [0, 0.1) is 18.6 Å². The number of carbonyl (C=O) groups is 2. The number of nitrogens with one attached hydrogen (secondary N) is 1. The summed E-state index contributed by atoms with van der Waals surface area (Å²) in [4.78, 5) is 34.8. The van der Waals surface area contributed by atoms with Crippen molar-refractivity contribution in [3.8, 4) is 27.9 Å². The summed E-state index contributed by atoms with van der Waals surface area (Å²) in [5, 5.41) is 8.42. The third-order valence-corrected chi connectivity index (χ3v) is 8.06. The van der Waals surface area contributed by atoms with Gasteiger partial charge < -0.3 is 11.1 Å². The molecule has 3 heterocycles. The van der Waals surface area contributed by atoms with E-state index in [9.17, 15) is 9.59 Å². The molecule has 4 aromatic carbocycles. The molecule has 0 unspecified atom stereocenters. The summed E-state index contributed by atoms with van der Waals surface area (Å²) in [6, 6.07) is 26.4. The highest BCUT2D eigenvalue weighted by atomic mass is 35.5. The second-order valence-electron chi connectivity index (χ2n) is 10.8. The fraction of sp³-hybridized carbons (Fsp3) is 0.0278. The smallest absolute Gasteiger partial charge is 0.274 e. The van der Waals surface area contributed by atoms with E-state index in [2.05, 4.69) is 20.4 Å². The van der Waals surface area contributed by atoms with Crippen LogP contribution in [0.1, 0.15) is 26.7 Å². The van der Waals surface area contributed by atoms with Crippen molar-refractivity contribution in [2.75, 3.05) is 5.32 Å². The molecule has 0 fully saturated rings. The summed E-state index contributed by atoms with van der Waals surface area (Å²) in [6.45, 7) is 1.92.